The molecule has 0 aliphatic carbocycles. The number of carbonyl (C=O) groups excluding carboxylic acids is 1. The molecule has 1 aromatic heterocycles. The van der Waals surface area contributed by atoms with E-state index < -0.39 is 5.60 Å². The molecule has 0 aromatic carbocycles. The number of nitrogens with zero attached hydrogens (tertiary/aromatic N) is 4. The lowest BCUT2D eigenvalue weighted by Crippen LogP contribution is -2.47. The van der Waals surface area contributed by atoms with Crippen LogP contribution in [-0.4, -0.2) is 52.7 Å². The summed E-state index contributed by atoms with van der Waals surface area (Å²) in [5.41, 5.74) is 0.729. The van der Waals surface area contributed by atoms with E-state index in [1.807, 2.05) is 40.2 Å². The molecule has 2 rings (SSSR count). The van der Waals surface area contributed by atoms with Gasteiger partial charge in [0.1, 0.15) is 5.60 Å². The summed E-state index contributed by atoms with van der Waals surface area (Å²) in [5, 5.41) is 0. The second-order valence-corrected chi connectivity index (χ2v) is 8.83. The maximum atomic E-state index is 12.2. The van der Waals surface area contributed by atoms with Crippen molar-refractivity contribution >= 4 is 12.0 Å². The number of ether oxygens (including phenoxy) is 1. The Morgan fingerprint density at radius 2 is 1.64 bits per heavy atom. The van der Waals surface area contributed by atoms with Gasteiger partial charge in [-0.1, -0.05) is 20.8 Å². The third-order valence-electron chi connectivity index (χ3n) is 4.48. The molecular weight excluding hydrogens is 316 g/mol. The largest absolute Gasteiger partial charge is 0.444 e. The van der Waals surface area contributed by atoms with Gasteiger partial charge in [-0.3, -0.25) is 0 Å². The second kappa shape index (κ2) is 7.18. The van der Waals surface area contributed by atoms with Gasteiger partial charge in [0.25, 0.3) is 0 Å². The molecule has 2 heterocycles. The standard InChI is InChI=1S/C19H32N4O2/c1-18(2,3)14-12-20-16(21-13-14)23-10-8-15(9-11-23)22(7)17(24)25-19(4,5)6/h12-13,15H,8-11H2,1-7H3. The van der Waals surface area contributed by atoms with Crippen molar-refractivity contribution in [3.05, 3.63) is 18.0 Å². The molecule has 1 aliphatic heterocycles. The Hall–Kier alpha value is -1.85. The van der Waals surface area contributed by atoms with Gasteiger partial charge in [-0.15, -0.1) is 0 Å². The molecule has 0 N–H and O–H groups in total. The van der Waals surface area contributed by atoms with E-state index in [9.17, 15) is 4.79 Å². The fourth-order valence-corrected chi connectivity index (χ4v) is 2.81. The van der Waals surface area contributed by atoms with Crippen molar-refractivity contribution in [1.29, 1.82) is 0 Å². The van der Waals surface area contributed by atoms with Gasteiger partial charge in [0.05, 0.1) is 0 Å². The lowest BCUT2D eigenvalue weighted by Gasteiger charge is -2.37. The smallest absolute Gasteiger partial charge is 0.410 e. The molecule has 1 aliphatic rings. The van der Waals surface area contributed by atoms with Gasteiger partial charge in [0.15, 0.2) is 0 Å². The number of piperidine rings is 1. The van der Waals surface area contributed by atoms with Crippen LogP contribution in [0.4, 0.5) is 10.7 Å². The highest BCUT2D eigenvalue weighted by Crippen LogP contribution is 2.24. The van der Waals surface area contributed by atoms with Crippen molar-refractivity contribution in [3.63, 3.8) is 0 Å². The Labute approximate surface area is 151 Å². The minimum Gasteiger partial charge on any atom is -0.444 e. The summed E-state index contributed by atoms with van der Waals surface area (Å²) in [4.78, 5) is 25.2. The third-order valence-corrected chi connectivity index (χ3v) is 4.48. The van der Waals surface area contributed by atoms with Gasteiger partial charge in [0, 0.05) is 38.6 Å². The van der Waals surface area contributed by atoms with E-state index in [4.69, 9.17) is 4.74 Å². The Balaban J connectivity index is 1.92. The van der Waals surface area contributed by atoms with Crippen LogP contribution in [0, 0.1) is 0 Å². The molecule has 140 valence electrons. The zero-order valence-corrected chi connectivity index (χ0v) is 16.7. The Morgan fingerprint density at radius 3 is 2.08 bits per heavy atom. The number of aromatic nitrogens is 2. The molecule has 1 aromatic rings. The van der Waals surface area contributed by atoms with E-state index in [0.29, 0.717) is 0 Å². The van der Waals surface area contributed by atoms with E-state index >= 15 is 0 Å². The topological polar surface area (TPSA) is 58.6 Å². The van der Waals surface area contributed by atoms with Crippen molar-refractivity contribution in [1.82, 2.24) is 14.9 Å². The first-order chi connectivity index (χ1) is 11.5. The fraction of sp³-hybridized carbons (Fsp3) is 0.737. The molecule has 0 atom stereocenters. The van der Waals surface area contributed by atoms with E-state index in [0.717, 1.165) is 37.4 Å². The quantitative estimate of drug-likeness (QED) is 0.817. The van der Waals surface area contributed by atoms with Gasteiger partial charge in [0.2, 0.25) is 5.95 Å². The lowest BCUT2D eigenvalue weighted by atomic mass is 9.89. The number of rotatable bonds is 2. The summed E-state index contributed by atoms with van der Waals surface area (Å²) in [6.07, 6.45) is 5.36. The van der Waals surface area contributed by atoms with Crippen molar-refractivity contribution in [3.8, 4) is 0 Å². The molecule has 1 amide bonds. The van der Waals surface area contributed by atoms with Crippen LogP contribution in [0.3, 0.4) is 0 Å². The van der Waals surface area contributed by atoms with Gasteiger partial charge in [-0.2, -0.15) is 0 Å². The first kappa shape index (κ1) is 19.5. The zero-order valence-electron chi connectivity index (χ0n) is 16.7. The van der Waals surface area contributed by atoms with E-state index in [1.165, 1.54) is 0 Å². The number of anilines is 1. The molecule has 6 heteroatoms. The number of carbonyl (C=O) groups is 1. The average Bonchev–Trinajstić information content (AvgIpc) is 2.52. The van der Waals surface area contributed by atoms with Crippen LogP contribution in [0.2, 0.25) is 0 Å². The highest BCUT2D eigenvalue weighted by molar-refractivity contribution is 5.68. The Morgan fingerprint density at radius 1 is 1.12 bits per heavy atom. The average molecular weight is 348 g/mol. The van der Waals surface area contributed by atoms with Crippen LogP contribution >= 0.6 is 0 Å². The first-order valence-corrected chi connectivity index (χ1v) is 9.00. The van der Waals surface area contributed by atoms with E-state index in [-0.39, 0.29) is 17.6 Å². The van der Waals surface area contributed by atoms with Crippen LogP contribution in [0.15, 0.2) is 12.4 Å². The minimum absolute atomic E-state index is 0.0572. The predicted molar refractivity (Wildman–Crippen MR) is 100.0 cm³/mol. The number of amides is 1. The molecule has 0 saturated carbocycles. The summed E-state index contributed by atoms with van der Waals surface area (Å²) in [5.74, 6) is 0.770. The summed E-state index contributed by atoms with van der Waals surface area (Å²) in [6.45, 7) is 13.8. The molecule has 0 unspecified atom stereocenters. The van der Waals surface area contributed by atoms with Crippen molar-refractivity contribution < 1.29 is 9.53 Å². The molecule has 0 radical (unpaired) electrons. The van der Waals surface area contributed by atoms with Crippen molar-refractivity contribution in [2.45, 2.75) is 71.4 Å². The zero-order chi connectivity index (χ0) is 18.8. The molecule has 1 saturated heterocycles. The molecule has 0 bridgehead atoms. The molecule has 0 spiro atoms. The van der Waals surface area contributed by atoms with Crippen molar-refractivity contribution in [2.24, 2.45) is 0 Å². The van der Waals surface area contributed by atoms with Crippen LogP contribution in [-0.2, 0) is 10.2 Å². The fourth-order valence-electron chi connectivity index (χ4n) is 2.81. The minimum atomic E-state index is -0.464. The maximum Gasteiger partial charge on any atom is 0.410 e. The molecule has 1 fully saturated rings. The second-order valence-electron chi connectivity index (χ2n) is 8.83. The number of hydrogen-bond acceptors (Lipinski definition) is 5. The summed E-state index contributed by atoms with van der Waals surface area (Å²) < 4.78 is 5.46. The normalized spacial score (nSPS) is 16.7. The molecule has 6 nitrogen and oxygen atoms in total. The van der Waals surface area contributed by atoms with Crippen LogP contribution < -0.4 is 4.90 Å². The van der Waals surface area contributed by atoms with E-state index in [2.05, 4.69) is 35.6 Å². The van der Waals surface area contributed by atoms with Gasteiger partial charge in [-0.25, -0.2) is 14.8 Å². The van der Waals surface area contributed by atoms with Crippen LogP contribution in [0.1, 0.15) is 59.9 Å². The van der Waals surface area contributed by atoms with Crippen LogP contribution in [0.5, 0.6) is 0 Å². The van der Waals surface area contributed by atoms with E-state index in [1.54, 1.807) is 4.90 Å². The highest BCUT2D eigenvalue weighted by atomic mass is 16.6. The Bertz CT molecular complexity index is 579. The first-order valence-electron chi connectivity index (χ1n) is 9.00. The molecular formula is C19H32N4O2. The number of hydrogen-bond donors (Lipinski definition) is 0. The maximum absolute atomic E-state index is 12.2. The SMILES string of the molecule is CN(C(=O)OC(C)(C)C)C1CCN(c2ncc(C(C)(C)C)cn2)CC1. The summed E-state index contributed by atoms with van der Waals surface area (Å²) >= 11 is 0. The molecule has 25 heavy (non-hydrogen) atoms. The van der Waals surface area contributed by atoms with Gasteiger partial charge >= 0.3 is 6.09 Å². The highest BCUT2D eigenvalue weighted by Gasteiger charge is 2.29. The third kappa shape index (κ3) is 5.31. The Kier molecular flexibility index (Phi) is 5.59. The van der Waals surface area contributed by atoms with Crippen LogP contribution in [0.25, 0.3) is 0 Å². The predicted octanol–water partition coefficient (Wildman–Crippen LogP) is 3.61. The lowest BCUT2D eigenvalue weighted by molar-refractivity contribution is 0.0200. The van der Waals surface area contributed by atoms with Crippen molar-refractivity contribution in [2.75, 3.05) is 25.0 Å². The van der Waals surface area contributed by atoms with Gasteiger partial charge < -0.3 is 14.5 Å². The summed E-state index contributed by atoms with van der Waals surface area (Å²) in [7, 11) is 1.82. The summed E-state index contributed by atoms with van der Waals surface area (Å²) in [6, 6.07) is 0.194. The monoisotopic (exact) mass is 348 g/mol. The van der Waals surface area contributed by atoms with Gasteiger partial charge in [-0.05, 0) is 44.6 Å².